The maximum Gasteiger partial charge on any atom is 0.357 e. The van der Waals surface area contributed by atoms with Crippen LogP contribution in [-0.4, -0.2) is 36.5 Å². The summed E-state index contributed by atoms with van der Waals surface area (Å²) in [5, 5.41) is 7.17. The van der Waals surface area contributed by atoms with E-state index in [1.54, 1.807) is 35.6 Å². The third-order valence-corrected chi connectivity index (χ3v) is 8.71. The van der Waals surface area contributed by atoms with Crippen LogP contribution in [0.1, 0.15) is 42.5 Å². The summed E-state index contributed by atoms with van der Waals surface area (Å²) in [4.78, 5) is 45.5. The Morgan fingerprint density at radius 1 is 1.00 bits per heavy atom. The van der Waals surface area contributed by atoms with Gasteiger partial charge in [0.25, 0.3) is 11.8 Å². The van der Waals surface area contributed by atoms with Crippen molar-refractivity contribution in [3.8, 4) is 27.3 Å². The Hall–Kier alpha value is -5.10. The van der Waals surface area contributed by atoms with Crippen LogP contribution in [0, 0.1) is 5.82 Å². The quantitative estimate of drug-likeness (QED) is 0.161. The number of rotatable bonds is 7. The van der Waals surface area contributed by atoms with Crippen molar-refractivity contribution in [3.05, 3.63) is 117 Å². The highest BCUT2D eigenvalue weighted by Gasteiger charge is 2.27. The Kier molecular flexibility index (Phi) is 8.80. The van der Waals surface area contributed by atoms with Crippen LogP contribution in [-0.2, 0) is 17.7 Å². The number of thiophene rings is 1. The fourth-order valence-electron chi connectivity index (χ4n) is 5.09. The van der Waals surface area contributed by atoms with Crippen LogP contribution in [0.4, 0.5) is 15.8 Å². The number of halogens is 2. The first-order valence-corrected chi connectivity index (χ1v) is 15.4. The van der Waals surface area contributed by atoms with E-state index in [9.17, 15) is 18.8 Å². The van der Waals surface area contributed by atoms with Crippen LogP contribution in [0.3, 0.4) is 0 Å². The number of carbonyl (C=O) groups excluding carboxylic acids is 3. The molecule has 5 aromatic rings. The lowest BCUT2D eigenvalue weighted by molar-refractivity contribution is 0.0594. The zero-order chi connectivity index (χ0) is 32.4. The number of hydrogen-bond donors (Lipinski definition) is 3. The zero-order valence-electron chi connectivity index (χ0n) is 24.4. The maximum absolute atomic E-state index is 14.5. The van der Waals surface area contributed by atoms with Crippen LogP contribution in [0.25, 0.3) is 21.6 Å². The number of nitrogens with zero attached hydrogens (tertiary/aromatic N) is 1. The summed E-state index contributed by atoms with van der Waals surface area (Å²) in [6.07, 6.45) is 0.684. The zero-order valence-corrected chi connectivity index (χ0v) is 25.9. The molecule has 9 nitrogen and oxygen atoms in total. The molecule has 0 unspecified atom stereocenters. The normalized spacial score (nSPS) is 11.8. The average Bonchev–Trinajstić information content (AvgIpc) is 3.47. The van der Waals surface area contributed by atoms with Crippen molar-refractivity contribution in [2.75, 3.05) is 24.4 Å². The number of pyridine rings is 1. The number of ether oxygens (including phenoxy) is 2. The summed E-state index contributed by atoms with van der Waals surface area (Å²) in [5.41, 5.74) is 9.23. The van der Waals surface area contributed by atoms with Gasteiger partial charge in [0.1, 0.15) is 11.4 Å². The first-order valence-electron chi connectivity index (χ1n) is 14.1. The van der Waals surface area contributed by atoms with Gasteiger partial charge in [-0.15, -0.1) is 11.3 Å². The second-order valence-corrected chi connectivity index (χ2v) is 11.6. The average molecular weight is 657 g/mol. The van der Waals surface area contributed by atoms with Crippen LogP contribution in [0.2, 0.25) is 5.02 Å². The van der Waals surface area contributed by atoms with Crippen molar-refractivity contribution < 1.29 is 28.2 Å². The van der Waals surface area contributed by atoms with Crippen LogP contribution in [0.5, 0.6) is 5.75 Å². The van der Waals surface area contributed by atoms with Gasteiger partial charge in [-0.1, -0.05) is 29.8 Å². The number of methoxy groups -OCH3 is 1. The van der Waals surface area contributed by atoms with E-state index in [0.717, 1.165) is 21.6 Å². The molecule has 0 fully saturated rings. The van der Waals surface area contributed by atoms with Gasteiger partial charge in [-0.05, 0) is 71.1 Å². The second-order valence-electron chi connectivity index (χ2n) is 10.3. The van der Waals surface area contributed by atoms with Gasteiger partial charge in [-0.3, -0.25) is 9.59 Å². The number of fused-ring (bicyclic) bond motifs is 3. The Bertz CT molecular complexity index is 2000. The lowest BCUT2D eigenvalue weighted by Gasteiger charge is -2.17. The predicted molar refractivity (Wildman–Crippen MR) is 175 cm³/mol. The Morgan fingerprint density at radius 3 is 2.57 bits per heavy atom. The van der Waals surface area contributed by atoms with E-state index in [4.69, 9.17) is 26.8 Å². The number of carbonyl (C=O) groups is 3. The molecule has 0 saturated heterocycles. The highest BCUT2D eigenvalue weighted by Crippen LogP contribution is 2.43. The smallest absolute Gasteiger partial charge is 0.357 e. The van der Waals surface area contributed by atoms with Gasteiger partial charge in [-0.2, -0.15) is 0 Å². The van der Waals surface area contributed by atoms with Gasteiger partial charge in [-0.25, -0.2) is 14.2 Å². The van der Waals surface area contributed by atoms with Crippen molar-refractivity contribution in [1.82, 2.24) is 4.98 Å². The van der Waals surface area contributed by atoms with Gasteiger partial charge in [0, 0.05) is 45.8 Å². The fraction of sp³-hybridized carbons (Fsp3) is 0.118. The van der Waals surface area contributed by atoms with Gasteiger partial charge >= 0.3 is 5.97 Å². The van der Waals surface area contributed by atoms with Crippen molar-refractivity contribution in [2.45, 2.75) is 13.0 Å². The van der Waals surface area contributed by atoms with E-state index in [-0.39, 0.29) is 33.2 Å². The molecule has 0 aliphatic carbocycles. The van der Waals surface area contributed by atoms with E-state index in [0.29, 0.717) is 36.6 Å². The molecule has 3 heterocycles. The van der Waals surface area contributed by atoms with Crippen LogP contribution < -0.4 is 21.1 Å². The van der Waals surface area contributed by atoms with E-state index in [1.807, 2.05) is 23.6 Å². The fourth-order valence-corrected chi connectivity index (χ4v) is 6.24. The van der Waals surface area contributed by atoms with E-state index < -0.39 is 23.6 Å². The van der Waals surface area contributed by atoms with Crippen molar-refractivity contribution >= 4 is 52.1 Å². The number of nitrogens with one attached hydrogen (secondary N) is 2. The highest BCUT2D eigenvalue weighted by molar-refractivity contribution is 7.13. The third kappa shape index (κ3) is 6.08. The molecule has 232 valence electrons. The molecule has 1 aliphatic heterocycles. The molecule has 0 atom stereocenters. The van der Waals surface area contributed by atoms with Crippen LogP contribution in [0.15, 0.2) is 78.2 Å². The number of amides is 2. The van der Waals surface area contributed by atoms with E-state index >= 15 is 0 Å². The minimum Gasteiger partial charge on any atom is -0.493 e. The molecule has 46 heavy (non-hydrogen) atoms. The summed E-state index contributed by atoms with van der Waals surface area (Å²) < 4.78 is 25.6. The minimum absolute atomic E-state index is 0.155. The first kappa shape index (κ1) is 30.9. The van der Waals surface area contributed by atoms with Crippen molar-refractivity contribution in [2.24, 2.45) is 5.73 Å². The van der Waals surface area contributed by atoms with Gasteiger partial charge in [0.05, 0.1) is 24.4 Å². The number of esters is 1. The SMILES string of the molecule is COC(=O)c1nc(C(=O)Nc2cccc(Cl)c2F)ccc1-c1cc2c(cc1C(=O)Nc1ccc(CN)cc1)-c1sccc1CCO2. The molecule has 0 saturated carbocycles. The molecular weight excluding hydrogens is 631 g/mol. The highest BCUT2D eigenvalue weighted by atomic mass is 35.5. The first-order chi connectivity index (χ1) is 22.3. The monoisotopic (exact) mass is 656 g/mol. The summed E-state index contributed by atoms with van der Waals surface area (Å²) in [6, 6.07) is 19.6. The van der Waals surface area contributed by atoms with Crippen molar-refractivity contribution in [3.63, 3.8) is 0 Å². The molecule has 3 aromatic carbocycles. The number of nitrogens with two attached hydrogens (primary N) is 1. The summed E-state index contributed by atoms with van der Waals surface area (Å²) >= 11 is 7.40. The Balaban J connectivity index is 1.47. The third-order valence-electron chi connectivity index (χ3n) is 7.43. The lowest BCUT2D eigenvalue weighted by atomic mass is 9.93. The summed E-state index contributed by atoms with van der Waals surface area (Å²) in [5.74, 6) is -2.37. The van der Waals surface area contributed by atoms with E-state index in [1.165, 1.54) is 37.4 Å². The number of anilines is 2. The lowest BCUT2D eigenvalue weighted by Crippen LogP contribution is -2.18. The van der Waals surface area contributed by atoms with Crippen LogP contribution >= 0.6 is 22.9 Å². The largest absolute Gasteiger partial charge is 0.493 e. The molecule has 2 amide bonds. The molecule has 0 radical (unpaired) electrons. The number of aromatic nitrogens is 1. The summed E-state index contributed by atoms with van der Waals surface area (Å²) in [6.45, 7) is 0.772. The molecule has 6 rings (SSSR count). The Labute approximate surface area is 272 Å². The number of hydrogen-bond acceptors (Lipinski definition) is 8. The topological polar surface area (TPSA) is 133 Å². The molecule has 0 bridgehead atoms. The second kappa shape index (κ2) is 13.1. The van der Waals surface area contributed by atoms with E-state index in [2.05, 4.69) is 15.6 Å². The minimum atomic E-state index is -0.848. The Morgan fingerprint density at radius 2 is 1.80 bits per heavy atom. The predicted octanol–water partition coefficient (Wildman–Crippen LogP) is 6.95. The van der Waals surface area contributed by atoms with Gasteiger partial charge < -0.3 is 25.8 Å². The molecule has 4 N–H and O–H groups in total. The summed E-state index contributed by atoms with van der Waals surface area (Å²) in [7, 11) is 1.18. The molecule has 2 aromatic heterocycles. The number of benzene rings is 3. The standard InChI is InChI=1S/C34H26ClFN4O5S/c1-44-34(43)30-21(9-10-27(39-30)33(42)40-26-4-2-3-25(35)29(26)36)22-16-28-24(31-19(11-13-45-28)12-14-46-31)15-23(22)32(41)38-20-7-5-18(17-37)6-8-20/h2-10,12,14-16H,11,13,17,37H2,1H3,(H,38,41)(H,40,42). The molecule has 0 spiro atoms. The van der Waals surface area contributed by atoms with Gasteiger partial charge in [0.15, 0.2) is 11.5 Å². The molecule has 12 heteroatoms. The maximum atomic E-state index is 14.5. The molecular formula is C34H26ClFN4O5S. The van der Waals surface area contributed by atoms with Gasteiger partial charge in [0.2, 0.25) is 0 Å². The van der Waals surface area contributed by atoms with Crippen molar-refractivity contribution in [1.29, 1.82) is 0 Å². The molecule has 1 aliphatic rings.